The van der Waals surface area contributed by atoms with Crippen LogP contribution in [0, 0.1) is 0 Å². The number of hydrogen-bond acceptors (Lipinski definition) is 3. The van der Waals surface area contributed by atoms with E-state index in [4.69, 9.17) is 11.6 Å². The van der Waals surface area contributed by atoms with Crippen LogP contribution in [0.4, 0.5) is 0 Å². The minimum absolute atomic E-state index is 0.0517. The Bertz CT molecular complexity index is 1020. The first kappa shape index (κ1) is 22.6. The third-order valence-corrected chi connectivity index (χ3v) is 6.77. The number of benzene rings is 1. The number of likely N-dealkylation sites (tertiary alicyclic amines) is 1. The molecule has 32 heavy (non-hydrogen) atoms. The van der Waals surface area contributed by atoms with Crippen LogP contribution >= 0.6 is 11.6 Å². The van der Waals surface area contributed by atoms with E-state index in [9.17, 15) is 14.4 Å². The van der Waals surface area contributed by atoms with Crippen LogP contribution in [0.5, 0.6) is 0 Å². The summed E-state index contributed by atoms with van der Waals surface area (Å²) in [4.78, 5) is 41.1. The molecule has 1 saturated carbocycles. The van der Waals surface area contributed by atoms with Gasteiger partial charge in [-0.05, 0) is 56.2 Å². The summed E-state index contributed by atoms with van der Waals surface area (Å²) in [5, 5.41) is 3.52. The number of amides is 2. The second-order valence-electron chi connectivity index (χ2n) is 8.79. The molecule has 7 heteroatoms. The standard InChI is InChI=1S/C25H30ClN3O3/c26-19-10-8-18(9-11-19)12-13-27-24(31)21-16-29(20-6-2-3-7-20)17-22(23(21)30)25(32)28-14-4-1-5-15-28/h8-11,16-17,20H,1-7,12-15H2,(H,27,31). The first-order chi connectivity index (χ1) is 15.5. The Kier molecular flexibility index (Phi) is 7.30. The number of piperidine rings is 1. The van der Waals surface area contributed by atoms with Gasteiger partial charge >= 0.3 is 0 Å². The van der Waals surface area contributed by atoms with Gasteiger partial charge in [0.25, 0.3) is 11.8 Å². The molecule has 1 aliphatic heterocycles. The van der Waals surface area contributed by atoms with Gasteiger partial charge in [-0.2, -0.15) is 0 Å². The van der Waals surface area contributed by atoms with Crippen molar-refractivity contribution in [2.45, 2.75) is 57.4 Å². The molecule has 0 atom stereocenters. The Balaban J connectivity index is 1.55. The second-order valence-corrected chi connectivity index (χ2v) is 9.22. The number of pyridine rings is 1. The maximum absolute atomic E-state index is 13.2. The summed E-state index contributed by atoms with van der Waals surface area (Å²) < 4.78 is 1.93. The molecule has 0 spiro atoms. The van der Waals surface area contributed by atoms with Crippen molar-refractivity contribution in [3.8, 4) is 0 Å². The van der Waals surface area contributed by atoms with Crippen molar-refractivity contribution in [2.75, 3.05) is 19.6 Å². The molecule has 2 heterocycles. The molecule has 2 aromatic rings. The zero-order valence-corrected chi connectivity index (χ0v) is 19.1. The smallest absolute Gasteiger partial charge is 0.259 e. The van der Waals surface area contributed by atoms with E-state index in [1.807, 2.05) is 28.8 Å². The molecule has 4 rings (SSSR count). The van der Waals surface area contributed by atoms with Crippen molar-refractivity contribution in [1.82, 2.24) is 14.8 Å². The van der Waals surface area contributed by atoms with Crippen molar-refractivity contribution in [3.63, 3.8) is 0 Å². The van der Waals surface area contributed by atoms with E-state index < -0.39 is 11.3 Å². The molecule has 1 N–H and O–H groups in total. The van der Waals surface area contributed by atoms with E-state index in [2.05, 4.69) is 5.32 Å². The highest BCUT2D eigenvalue weighted by Gasteiger charge is 2.26. The summed E-state index contributed by atoms with van der Waals surface area (Å²) in [6.07, 6.45) is 11.2. The number of carbonyl (C=O) groups excluding carboxylic acids is 2. The number of aromatic nitrogens is 1. The van der Waals surface area contributed by atoms with Gasteiger partial charge in [0, 0.05) is 43.1 Å². The van der Waals surface area contributed by atoms with Gasteiger partial charge in [0.15, 0.2) is 0 Å². The average molecular weight is 456 g/mol. The zero-order valence-electron chi connectivity index (χ0n) is 18.3. The molecule has 2 amide bonds. The van der Waals surface area contributed by atoms with Crippen LogP contribution in [0.25, 0.3) is 0 Å². The van der Waals surface area contributed by atoms with Gasteiger partial charge in [-0.3, -0.25) is 14.4 Å². The van der Waals surface area contributed by atoms with Gasteiger partial charge in [-0.15, -0.1) is 0 Å². The summed E-state index contributed by atoms with van der Waals surface area (Å²) in [6, 6.07) is 7.69. The first-order valence-electron chi connectivity index (χ1n) is 11.6. The summed E-state index contributed by atoms with van der Waals surface area (Å²) in [5.74, 6) is -0.679. The van der Waals surface area contributed by atoms with Gasteiger partial charge < -0.3 is 14.8 Å². The molecule has 0 unspecified atom stereocenters. The Labute approximate surface area is 193 Å². The van der Waals surface area contributed by atoms with E-state index in [0.29, 0.717) is 31.1 Å². The molecule has 2 fully saturated rings. The molecule has 170 valence electrons. The molecule has 1 aliphatic carbocycles. The highest BCUT2D eigenvalue weighted by Crippen LogP contribution is 2.29. The highest BCUT2D eigenvalue weighted by atomic mass is 35.5. The maximum Gasteiger partial charge on any atom is 0.259 e. The molecule has 1 saturated heterocycles. The van der Waals surface area contributed by atoms with Crippen molar-refractivity contribution in [3.05, 3.63) is 68.6 Å². The van der Waals surface area contributed by atoms with E-state index in [1.165, 1.54) is 0 Å². The lowest BCUT2D eigenvalue weighted by atomic mass is 10.1. The Hall–Kier alpha value is -2.60. The fraction of sp³-hybridized carbons (Fsp3) is 0.480. The SMILES string of the molecule is O=C(NCCc1ccc(Cl)cc1)c1cn(C2CCCC2)cc(C(=O)N2CCCCC2)c1=O. The third-order valence-electron chi connectivity index (χ3n) is 6.52. The van der Waals surface area contributed by atoms with Crippen molar-refractivity contribution >= 4 is 23.4 Å². The van der Waals surface area contributed by atoms with Crippen LogP contribution in [0.3, 0.4) is 0 Å². The van der Waals surface area contributed by atoms with Gasteiger partial charge in [0.2, 0.25) is 5.43 Å². The fourth-order valence-electron chi connectivity index (χ4n) is 4.66. The van der Waals surface area contributed by atoms with Crippen LogP contribution in [0.2, 0.25) is 5.02 Å². The average Bonchev–Trinajstić information content (AvgIpc) is 3.35. The highest BCUT2D eigenvalue weighted by molar-refractivity contribution is 6.30. The molecular weight excluding hydrogens is 426 g/mol. The molecule has 1 aromatic heterocycles. The van der Waals surface area contributed by atoms with Crippen molar-refractivity contribution in [2.24, 2.45) is 0 Å². The Morgan fingerprint density at radius 2 is 1.59 bits per heavy atom. The third kappa shape index (κ3) is 5.23. The second kappa shape index (κ2) is 10.3. The summed E-state index contributed by atoms with van der Waals surface area (Å²) in [6.45, 7) is 1.73. The number of rotatable bonds is 6. The summed E-state index contributed by atoms with van der Waals surface area (Å²) in [5.41, 5.74) is 0.742. The number of hydrogen-bond donors (Lipinski definition) is 1. The van der Waals surface area contributed by atoms with E-state index >= 15 is 0 Å². The van der Waals surface area contributed by atoms with Gasteiger partial charge in [0.1, 0.15) is 11.1 Å². The van der Waals surface area contributed by atoms with Crippen LogP contribution in [-0.2, 0) is 6.42 Å². The predicted octanol–water partition coefficient (Wildman–Crippen LogP) is 4.22. The lowest BCUT2D eigenvalue weighted by Gasteiger charge is -2.27. The van der Waals surface area contributed by atoms with E-state index in [-0.39, 0.29) is 23.1 Å². The Morgan fingerprint density at radius 3 is 2.28 bits per heavy atom. The first-order valence-corrected chi connectivity index (χ1v) is 12.0. The monoisotopic (exact) mass is 455 g/mol. The summed E-state index contributed by atoms with van der Waals surface area (Å²) >= 11 is 5.92. The maximum atomic E-state index is 13.2. The van der Waals surface area contributed by atoms with Crippen LogP contribution in [0.1, 0.15) is 77.3 Å². The quantitative estimate of drug-likeness (QED) is 0.709. The normalized spacial score (nSPS) is 16.8. The van der Waals surface area contributed by atoms with Gasteiger partial charge in [0.05, 0.1) is 0 Å². The molecular formula is C25H30ClN3O3. The molecule has 6 nitrogen and oxygen atoms in total. The van der Waals surface area contributed by atoms with Crippen LogP contribution in [-0.4, -0.2) is 40.9 Å². The lowest BCUT2D eigenvalue weighted by molar-refractivity contribution is 0.0722. The van der Waals surface area contributed by atoms with Crippen molar-refractivity contribution < 1.29 is 9.59 Å². The number of halogens is 1. The molecule has 0 bridgehead atoms. The van der Waals surface area contributed by atoms with Gasteiger partial charge in [-0.1, -0.05) is 36.6 Å². The van der Waals surface area contributed by atoms with Gasteiger partial charge in [-0.25, -0.2) is 0 Å². The number of nitrogens with zero attached hydrogens (tertiary/aromatic N) is 2. The van der Waals surface area contributed by atoms with Crippen LogP contribution < -0.4 is 10.7 Å². The van der Waals surface area contributed by atoms with E-state index in [0.717, 1.165) is 50.5 Å². The topological polar surface area (TPSA) is 71.4 Å². The Morgan fingerprint density at radius 1 is 0.938 bits per heavy atom. The zero-order chi connectivity index (χ0) is 22.5. The lowest BCUT2D eigenvalue weighted by Crippen LogP contribution is -2.40. The largest absolute Gasteiger partial charge is 0.352 e. The summed E-state index contributed by atoms with van der Waals surface area (Å²) in [7, 11) is 0. The minimum Gasteiger partial charge on any atom is -0.352 e. The van der Waals surface area contributed by atoms with Crippen LogP contribution in [0.15, 0.2) is 41.5 Å². The fourth-order valence-corrected chi connectivity index (χ4v) is 4.79. The number of nitrogens with one attached hydrogen (secondary N) is 1. The predicted molar refractivity (Wildman–Crippen MR) is 125 cm³/mol. The molecule has 1 aromatic carbocycles. The molecule has 2 aliphatic rings. The number of carbonyl (C=O) groups is 2. The molecule has 0 radical (unpaired) electrons. The van der Waals surface area contributed by atoms with E-state index in [1.54, 1.807) is 17.3 Å². The van der Waals surface area contributed by atoms with Crippen molar-refractivity contribution in [1.29, 1.82) is 0 Å². The minimum atomic E-state index is -0.473.